The molecule has 1 aliphatic heterocycles. The maximum atomic E-state index is 12.0. The van der Waals surface area contributed by atoms with Gasteiger partial charge in [-0.25, -0.2) is 0 Å². The van der Waals surface area contributed by atoms with Crippen LogP contribution in [0.5, 0.6) is 5.75 Å². The third-order valence-electron chi connectivity index (χ3n) is 2.99. The van der Waals surface area contributed by atoms with Crippen molar-refractivity contribution in [2.75, 3.05) is 19.0 Å². The summed E-state index contributed by atoms with van der Waals surface area (Å²) in [6, 6.07) is 3.69. The Morgan fingerprint density at radius 1 is 1.61 bits per heavy atom. The van der Waals surface area contributed by atoms with Crippen molar-refractivity contribution in [3.63, 3.8) is 0 Å². The number of nitrogens with zero attached hydrogens (tertiary/aromatic N) is 2. The third-order valence-corrected chi connectivity index (χ3v) is 3.65. The van der Waals surface area contributed by atoms with E-state index in [0.29, 0.717) is 19.0 Å². The molecule has 0 radical (unpaired) electrons. The normalized spacial score (nSPS) is 16.3. The van der Waals surface area contributed by atoms with Gasteiger partial charge in [0, 0.05) is 12.1 Å². The first-order chi connectivity index (χ1) is 8.53. The first-order valence-electron chi connectivity index (χ1n) is 5.95. The number of pyridine rings is 1. The van der Waals surface area contributed by atoms with Crippen LogP contribution in [0.2, 0.25) is 0 Å². The summed E-state index contributed by atoms with van der Waals surface area (Å²) in [5.41, 5.74) is -0.499. The molecule has 0 spiro atoms. The zero-order valence-electron chi connectivity index (χ0n) is 10.6. The van der Waals surface area contributed by atoms with Gasteiger partial charge in [0.2, 0.25) is 5.91 Å². The summed E-state index contributed by atoms with van der Waals surface area (Å²) in [7, 11) is 0. The SMILES string of the molecule is CC(C)(CCl)C(=O)N1CC(Oc2cccnc2)C1. The molecule has 0 N–H and O–H groups in total. The fourth-order valence-electron chi connectivity index (χ4n) is 1.77. The van der Waals surface area contributed by atoms with Crippen molar-refractivity contribution in [3.8, 4) is 5.75 Å². The van der Waals surface area contributed by atoms with E-state index in [-0.39, 0.29) is 12.0 Å². The molecule has 4 nitrogen and oxygen atoms in total. The molecule has 1 amide bonds. The number of rotatable bonds is 4. The fourth-order valence-corrected chi connectivity index (χ4v) is 1.89. The van der Waals surface area contributed by atoms with Crippen LogP contribution in [0, 0.1) is 5.41 Å². The lowest BCUT2D eigenvalue weighted by atomic mass is 9.92. The number of amides is 1. The van der Waals surface area contributed by atoms with Crippen LogP contribution in [0.15, 0.2) is 24.5 Å². The minimum atomic E-state index is -0.499. The highest BCUT2D eigenvalue weighted by atomic mass is 35.5. The number of aromatic nitrogens is 1. The molecule has 1 fully saturated rings. The molecule has 0 aromatic carbocycles. The average Bonchev–Trinajstić information content (AvgIpc) is 2.33. The molecule has 18 heavy (non-hydrogen) atoms. The third kappa shape index (κ3) is 2.75. The molecular formula is C13H17ClN2O2. The lowest BCUT2D eigenvalue weighted by molar-refractivity contribution is -0.148. The van der Waals surface area contributed by atoms with Gasteiger partial charge in [-0.2, -0.15) is 0 Å². The number of carbonyl (C=O) groups excluding carboxylic acids is 1. The highest BCUT2D eigenvalue weighted by Crippen LogP contribution is 2.25. The van der Waals surface area contributed by atoms with Gasteiger partial charge in [0.1, 0.15) is 11.9 Å². The van der Waals surface area contributed by atoms with E-state index in [9.17, 15) is 4.79 Å². The number of ether oxygens (including phenoxy) is 1. The molecule has 2 heterocycles. The Bertz CT molecular complexity index is 416. The zero-order chi connectivity index (χ0) is 13.2. The van der Waals surface area contributed by atoms with Crippen molar-refractivity contribution in [2.24, 2.45) is 5.41 Å². The zero-order valence-corrected chi connectivity index (χ0v) is 11.4. The van der Waals surface area contributed by atoms with E-state index in [1.165, 1.54) is 0 Å². The molecule has 0 atom stereocenters. The number of likely N-dealkylation sites (tertiary alicyclic amines) is 1. The largest absolute Gasteiger partial charge is 0.485 e. The molecule has 1 aliphatic rings. The molecule has 0 aliphatic carbocycles. The number of hydrogen-bond acceptors (Lipinski definition) is 3. The molecule has 5 heteroatoms. The molecule has 1 aromatic heterocycles. The van der Waals surface area contributed by atoms with Crippen LogP contribution in [0.1, 0.15) is 13.8 Å². The maximum absolute atomic E-state index is 12.0. The second kappa shape index (κ2) is 5.14. The van der Waals surface area contributed by atoms with Crippen LogP contribution in [-0.4, -0.2) is 40.9 Å². The summed E-state index contributed by atoms with van der Waals surface area (Å²) in [6.45, 7) is 4.96. The van der Waals surface area contributed by atoms with Crippen molar-refractivity contribution >= 4 is 17.5 Å². The van der Waals surface area contributed by atoms with E-state index < -0.39 is 5.41 Å². The Morgan fingerprint density at radius 2 is 2.33 bits per heavy atom. The number of carbonyl (C=O) groups is 1. The van der Waals surface area contributed by atoms with Crippen molar-refractivity contribution in [1.82, 2.24) is 9.88 Å². The molecule has 0 saturated carbocycles. The highest BCUT2D eigenvalue weighted by molar-refractivity contribution is 6.19. The van der Waals surface area contributed by atoms with Crippen LogP contribution < -0.4 is 4.74 Å². The van der Waals surface area contributed by atoms with Crippen LogP contribution in [0.25, 0.3) is 0 Å². The predicted octanol–water partition coefficient (Wildman–Crippen LogP) is 1.94. The summed E-state index contributed by atoms with van der Waals surface area (Å²) in [5.74, 6) is 1.16. The Labute approximate surface area is 112 Å². The molecule has 1 saturated heterocycles. The van der Waals surface area contributed by atoms with Crippen LogP contribution >= 0.6 is 11.6 Å². The van der Waals surface area contributed by atoms with Gasteiger partial charge in [-0.05, 0) is 26.0 Å². The minimum absolute atomic E-state index is 0.0595. The van der Waals surface area contributed by atoms with Gasteiger partial charge in [-0.15, -0.1) is 11.6 Å². The van der Waals surface area contributed by atoms with Crippen LogP contribution in [0.3, 0.4) is 0 Å². The Kier molecular flexibility index (Phi) is 3.76. The standard InChI is InChI=1S/C13H17ClN2O2/c1-13(2,9-14)12(17)16-7-11(8-16)18-10-4-3-5-15-6-10/h3-6,11H,7-9H2,1-2H3. The number of alkyl halides is 1. The molecule has 0 bridgehead atoms. The smallest absolute Gasteiger partial charge is 0.229 e. The van der Waals surface area contributed by atoms with Crippen molar-refractivity contribution < 1.29 is 9.53 Å². The lowest BCUT2D eigenvalue weighted by Crippen LogP contribution is -2.59. The Balaban J connectivity index is 1.83. The second-order valence-electron chi connectivity index (χ2n) is 5.16. The van der Waals surface area contributed by atoms with Gasteiger partial charge in [-0.3, -0.25) is 9.78 Å². The van der Waals surface area contributed by atoms with Crippen LogP contribution in [-0.2, 0) is 4.79 Å². The van der Waals surface area contributed by atoms with Gasteiger partial charge in [-0.1, -0.05) is 0 Å². The van der Waals surface area contributed by atoms with E-state index in [2.05, 4.69) is 4.98 Å². The minimum Gasteiger partial charge on any atom is -0.485 e. The maximum Gasteiger partial charge on any atom is 0.229 e. The lowest BCUT2D eigenvalue weighted by Gasteiger charge is -2.42. The average molecular weight is 269 g/mol. The summed E-state index contributed by atoms with van der Waals surface area (Å²) in [6.07, 6.45) is 3.43. The van der Waals surface area contributed by atoms with E-state index in [4.69, 9.17) is 16.3 Å². The highest BCUT2D eigenvalue weighted by Gasteiger charge is 2.39. The van der Waals surface area contributed by atoms with Crippen molar-refractivity contribution in [1.29, 1.82) is 0 Å². The van der Waals surface area contributed by atoms with Gasteiger partial charge in [0.25, 0.3) is 0 Å². The van der Waals surface area contributed by atoms with Crippen molar-refractivity contribution in [3.05, 3.63) is 24.5 Å². The first kappa shape index (κ1) is 13.1. The second-order valence-corrected chi connectivity index (χ2v) is 5.42. The van der Waals surface area contributed by atoms with E-state index in [1.807, 2.05) is 26.0 Å². The molecule has 1 aromatic rings. The summed E-state index contributed by atoms with van der Waals surface area (Å²) >= 11 is 5.79. The quantitative estimate of drug-likeness (QED) is 0.784. The van der Waals surface area contributed by atoms with Gasteiger partial charge in [0.05, 0.1) is 24.7 Å². The van der Waals surface area contributed by atoms with Crippen molar-refractivity contribution in [2.45, 2.75) is 20.0 Å². The summed E-state index contributed by atoms with van der Waals surface area (Å²) in [4.78, 5) is 17.8. The fraction of sp³-hybridized carbons (Fsp3) is 0.538. The van der Waals surface area contributed by atoms with Gasteiger partial charge < -0.3 is 9.64 Å². The number of halogens is 1. The molecular weight excluding hydrogens is 252 g/mol. The van der Waals surface area contributed by atoms with E-state index >= 15 is 0 Å². The first-order valence-corrected chi connectivity index (χ1v) is 6.48. The molecule has 0 unspecified atom stereocenters. The Hall–Kier alpha value is -1.29. The molecule has 98 valence electrons. The summed E-state index contributed by atoms with van der Waals surface area (Å²) < 4.78 is 5.69. The van der Waals surface area contributed by atoms with E-state index in [1.54, 1.807) is 17.3 Å². The van der Waals surface area contributed by atoms with Gasteiger partial charge >= 0.3 is 0 Å². The topological polar surface area (TPSA) is 42.4 Å². The van der Waals surface area contributed by atoms with Gasteiger partial charge in [0.15, 0.2) is 0 Å². The number of hydrogen-bond donors (Lipinski definition) is 0. The summed E-state index contributed by atoms with van der Waals surface area (Å²) in [5, 5.41) is 0. The monoisotopic (exact) mass is 268 g/mol. The predicted molar refractivity (Wildman–Crippen MR) is 69.7 cm³/mol. The van der Waals surface area contributed by atoms with E-state index in [0.717, 1.165) is 5.75 Å². The molecule has 2 rings (SSSR count). The Morgan fingerprint density at radius 3 is 2.89 bits per heavy atom. The van der Waals surface area contributed by atoms with Crippen LogP contribution in [0.4, 0.5) is 0 Å².